The van der Waals surface area contributed by atoms with Gasteiger partial charge in [-0.25, -0.2) is 4.79 Å². The molecule has 0 aromatic carbocycles. The molecule has 4 unspecified atom stereocenters. The Labute approximate surface area is 128 Å². The third-order valence-corrected chi connectivity index (χ3v) is 3.49. The predicted octanol–water partition coefficient (Wildman–Crippen LogP) is -1.66. The fourth-order valence-electron chi connectivity index (χ4n) is 1.49. The first-order valence-electron chi connectivity index (χ1n) is 6.59. The number of nitrogens with two attached hydrogens (primary N) is 1. The summed E-state index contributed by atoms with van der Waals surface area (Å²) in [6, 6.07) is -3.22. The van der Waals surface area contributed by atoms with Crippen molar-refractivity contribution in [2.45, 2.75) is 38.4 Å². The predicted molar refractivity (Wildman–Crippen MR) is 79.9 cm³/mol. The molecule has 0 fully saturated rings. The third kappa shape index (κ3) is 6.32. The van der Waals surface area contributed by atoms with E-state index in [4.69, 9.17) is 15.9 Å². The minimum absolute atomic E-state index is 0.0252. The average molecular weight is 321 g/mol. The maximum absolute atomic E-state index is 12.0. The van der Waals surface area contributed by atoms with Crippen LogP contribution in [0.1, 0.15) is 20.3 Å². The van der Waals surface area contributed by atoms with Crippen LogP contribution in [0.25, 0.3) is 0 Å². The number of carboxylic acids is 1. The number of carboxylic acid groups (broad SMARTS) is 1. The molecule has 4 atom stereocenters. The van der Waals surface area contributed by atoms with Gasteiger partial charge in [-0.2, -0.15) is 12.6 Å². The second-order valence-corrected chi connectivity index (χ2v) is 5.11. The molecule has 8 nitrogen and oxygen atoms in total. The minimum atomic E-state index is -1.15. The molecule has 0 aliphatic carbocycles. The number of hydrogen-bond donors (Lipinski definition) is 6. The molecule has 21 heavy (non-hydrogen) atoms. The van der Waals surface area contributed by atoms with Gasteiger partial charge in [0.25, 0.3) is 0 Å². The summed E-state index contributed by atoms with van der Waals surface area (Å²) in [6.45, 7) is 2.96. The van der Waals surface area contributed by atoms with E-state index >= 15 is 0 Å². The zero-order valence-electron chi connectivity index (χ0n) is 12.1. The van der Waals surface area contributed by atoms with Crippen molar-refractivity contribution in [1.82, 2.24) is 10.6 Å². The molecule has 0 saturated carbocycles. The van der Waals surface area contributed by atoms with Crippen LogP contribution in [0.3, 0.4) is 0 Å². The average Bonchev–Trinajstić information content (AvgIpc) is 2.47. The van der Waals surface area contributed by atoms with Gasteiger partial charge in [-0.15, -0.1) is 0 Å². The second kappa shape index (κ2) is 9.59. The van der Waals surface area contributed by atoms with E-state index < -0.39 is 42.5 Å². The van der Waals surface area contributed by atoms with E-state index in [0.717, 1.165) is 0 Å². The highest BCUT2D eigenvalue weighted by Gasteiger charge is 2.29. The Bertz CT molecular complexity index is 380. The molecular formula is C12H23N3O5S. The maximum Gasteiger partial charge on any atom is 0.326 e. The Morgan fingerprint density at radius 3 is 2.19 bits per heavy atom. The van der Waals surface area contributed by atoms with Crippen molar-refractivity contribution >= 4 is 30.4 Å². The lowest BCUT2D eigenvalue weighted by Gasteiger charge is -2.24. The van der Waals surface area contributed by atoms with Gasteiger partial charge in [-0.1, -0.05) is 20.3 Å². The molecule has 0 rings (SSSR count). The third-order valence-electron chi connectivity index (χ3n) is 3.13. The first-order valence-corrected chi connectivity index (χ1v) is 7.22. The first-order chi connectivity index (χ1) is 9.78. The summed E-state index contributed by atoms with van der Waals surface area (Å²) in [6.07, 6.45) is 0.574. The van der Waals surface area contributed by atoms with Crippen LogP contribution in [0.15, 0.2) is 0 Å². The number of hydrogen-bond acceptors (Lipinski definition) is 6. The van der Waals surface area contributed by atoms with Crippen molar-refractivity contribution in [3.63, 3.8) is 0 Å². The van der Waals surface area contributed by atoms with Gasteiger partial charge in [0.2, 0.25) is 11.8 Å². The number of thiol groups is 1. The second-order valence-electron chi connectivity index (χ2n) is 4.74. The Morgan fingerprint density at radius 1 is 1.24 bits per heavy atom. The standard InChI is InChI=1S/C12H23N3O5S/c1-3-6(2)9(12(19)20)15-11(18)8(5-21)14-10(17)7(13)4-16/h6-9,16,21H,3-5,13H2,1-2H3,(H,14,17)(H,15,18)(H,19,20). The smallest absolute Gasteiger partial charge is 0.326 e. The number of aliphatic hydroxyl groups is 1. The van der Waals surface area contributed by atoms with Gasteiger partial charge in [0.15, 0.2) is 0 Å². The zero-order valence-corrected chi connectivity index (χ0v) is 13.0. The molecule has 0 aromatic rings. The molecule has 122 valence electrons. The summed E-state index contributed by atoms with van der Waals surface area (Å²) in [5, 5.41) is 22.6. The van der Waals surface area contributed by atoms with Gasteiger partial charge >= 0.3 is 5.97 Å². The van der Waals surface area contributed by atoms with Crippen LogP contribution in [0.2, 0.25) is 0 Å². The van der Waals surface area contributed by atoms with Gasteiger partial charge in [0.05, 0.1) is 6.61 Å². The molecule has 0 aromatic heterocycles. The van der Waals surface area contributed by atoms with Gasteiger partial charge in [-0.05, 0) is 5.92 Å². The molecule has 2 amide bonds. The Hall–Kier alpha value is -1.32. The molecule has 0 spiro atoms. The minimum Gasteiger partial charge on any atom is -0.480 e. The SMILES string of the molecule is CCC(C)C(NC(=O)C(CS)NC(=O)C(N)CO)C(=O)O. The van der Waals surface area contributed by atoms with Crippen LogP contribution >= 0.6 is 12.6 Å². The first kappa shape index (κ1) is 19.7. The molecule has 6 N–H and O–H groups in total. The summed E-state index contributed by atoms with van der Waals surface area (Å²) in [5.74, 6) is -2.79. The summed E-state index contributed by atoms with van der Waals surface area (Å²) < 4.78 is 0. The number of carbonyl (C=O) groups excluding carboxylic acids is 2. The quantitative estimate of drug-likeness (QED) is 0.281. The number of nitrogens with one attached hydrogen (secondary N) is 2. The monoisotopic (exact) mass is 321 g/mol. The van der Waals surface area contributed by atoms with E-state index in [1.165, 1.54) is 0 Å². The van der Waals surface area contributed by atoms with Crippen molar-refractivity contribution in [3.05, 3.63) is 0 Å². The summed E-state index contributed by atoms with van der Waals surface area (Å²) in [7, 11) is 0. The molecule has 0 bridgehead atoms. The van der Waals surface area contributed by atoms with Crippen LogP contribution in [0.4, 0.5) is 0 Å². The highest BCUT2D eigenvalue weighted by molar-refractivity contribution is 7.80. The zero-order chi connectivity index (χ0) is 16.6. The lowest BCUT2D eigenvalue weighted by atomic mass is 9.99. The van der Waals surface area contributed by atoms with Crippen molar-refractivity contribution in [3.8, 4) is 0 Å². The van der Waals surface area contributed by atoms with Crippen molar-refractivity contribution in [2.75, 3.05) is 12.4 Å². The number of aliphatic hydroxyl groups excluding tert-OH is 1. The fraction of sp³-hybridized carbons (Fsp3) is 0.750. The van der Waals surface area contributed by atoms with Gasteiger partial charge in [0.1, 0.15) is 18.1 Å². The number of amides is 2. The van der Waals surface area contributed by atoms with Crippen LogP contribution in [0, 0.1) is 5.92 Å². The number of carbonyl (C=O) groups is 3. The largest absolute Gasteiger partial charge is 0.480 e. The molecule has 9 heteroatoms. The Morgan fingerprint density at radius 2 is 1.81 bits per heavy atom. The Balaban J connectivity index is 4.77. The van der Waals surface area contributed by atoms with E-state index in [1.807, 2.05) is 6.92 Å². The molecular weight excluding hydrogens is 298 g/mol. The molecule has 0 saturated heterocycles. The maximum atomic E-state index is 12.0. The van der Waals surface area contributed by atoms with Crippen LogP contribution in [-0.2, 0) is 14.4 Å². The fourth-order valence-corrected chi connectivity index (χ4v) is 1.75. The summed E-state index contributed by atoms with van der Waals surface area (Å²) in [4.78, 5) is 34.7. The van der Waals surface area contributed by atoms with Gasteiger partial charge in [0, 0.05) is 5.75 Å². The number of rotatable bonds is 9. The lowest BCUT2D eigenvalue weighted by Crippen LogP contribution is -2.56. The van der Waals surface area contributed by atoms with E-state index in [0.29, 0.717) is 6.42 Å². The summed E-state index contributed by atoms with van der Waals surface area (Å²) >= 11 is 3.95. The normalized spacial score (nSPS) is 16.4. The van der Waals surface area contributed by atoms with Crippen molar-refractivity contribution in [2.24, 2.45) is 11.7 Å². The van der Waals surface area contributed by atoms with Gasteiger partial charge < -0.3 is 26.6 Å². The van der Waals surface area contributed by atoms with E-state index in [1.54, 1.807) is 6.92 Å². The highest BCUT2D eigenvalue weighted by atomic mass is 32.1. The molecule has 0 aliphatic heterocycles. The van der Waals surface area contributed by atoms with Crippen molar-refractivity contribution in [1.29, 1.82) is 0 Å². The highest BCUT2D eigenvalue weighted by Crippen LogP contribution is 2.08. The molecule has 0 aliphatic rings. The lowest BCUT2D eigenvalue weighted by molar-refractivity contribution is -0.143. The van der Waals surface area contributed by atoms with Gasteiger partial charge in [-0.3, -0.25) is 9.59 Å². The van der Waals surface area contributed by atoms with Crippen LogP contribution in [0.5, 0.6) is 0 Å². The Kier molecular flexibility index (Phi) is 8.98. The molecule has 0 heterocycles. The van der Waals surface area contributed by atoms with E-state index in [9.17, 15) is 14.4 Å². The van der Waals surface area contributed by atoms with Crippen LogP contribution < -0.4 is 16.4 Å². The topological polar surface area (TPSA) is 142 Å². The van der Waals surface area contributed by atoms with Crippen LogP contribution in [-0.4, -0.2) is 58.5 Å². The molecule has 0 radical (unpaired) electrons. The van der Waals surface area contributed by atoms with Crippen molar-refractivity contribution < 1.29 is 24.6 Å². The van der Waals surface area contributed by atoms with E-state index in [-0.39, 0.29) is 11.7 Å². The van der Waals surface area contributed by atoms with E-state index in [2.05, 4.69) is 23.3 Å². The number of aliphatic carboxylic acids is 1. The summed E-state index contributed by atoms with van der Waals surface area (Å²) in [5.41, 5.74) is 5.33.